The molecule has 0 aliphatic rings. The average Bonchev–Trinajstić information content (AvgIpc) is 2.75. The van der Waals surface area contributed by atoms with Crippen LogP contribution in [-0.2, 0) is 0 Å². The van der Waals surface area contributed by atoms with E-state index >= 15 is 0 Å². The second kappa shape index (κ2) is 6.41. The van der Waals surface area contributed by atoms with Crippen molar-refractivity contribution in [2.45, 2.75) is 13.8 Å². The Morgan fingerprint density at radius 1 is 1.55 bits per heavy atom. The number of hydrogen-bond acceptors (Lipinski definition) is 6. The predicted molar refractivity (Wildman–Crippen MR) is 85.1 cm³/mol. The molecule has 0 aromatic carbocycles. The van der Waals surface area contributed by atoms with Crippen molar-refractivity contribution in [1.82, 2.24) is 9.97 Å². The van der Waals surface area contributed by atoms with Crippen molar-refractivity contribution < 1.29 is 9.90 Å². The molecule has 1 unspecified atom stereocenters. The van der Waals surface area contributed by atoms with Gasteiger partial charge < -0.3 is 10.4 Å². The minimum atomic E-state index is -0.910. The number of nitrogens with zero attached hydrogens (tertiary/aromatic N) is 2. The van der Waals surface area contributed by atoms with Crippen LogP contribution in [0.1, 0.15) is 22.2 Å². The number of thiophene rings is 1. The number of rotatable bonds is 6. The van der Waals surface area contributed by atoms with Crippen LogP contribution in [0.5, 0.6) is 0 Å². The van der Waals surface area contributed by atoms with Gasteiger partial charge in [-0.2, -0.15) is 11.8 Å². The fourth-order valence-electron chi connectivity index (χ4n) is 2.02. The van der Waals surface area contributed by atoms with Gasteiger partial charge in [0.2, 0.25) is 0 Å². The Bertz CT molecular complexity index is 627. The Balaban J connectivity index is 2.32. The van der Waals surface area contributed by atoms with E-state index in [2.05, 4.69) is 28.5 Å². The summed E-state index contributed by atoms with van der Waals surface area (Å²) in [6.07, 6.45) is 3.56. The maximum absolute atomic E-state index is 11.2. The van der Waals surface area contributed by atoms with Gasteiger partial charge in [-0.15, -0.1) is 11.3 Å². The Labute approximate surface area is 125 Å². The van der Waals surface area contributed by atoms with Gasteiger partial charge in [0, 0.05) is 6.54 Å². The van der Waals surface area contributed by atoms with E-state index in [1.165, 1.54) is 17.7 Å². The molecule has 2 aromatic rings. The van der Waals surface area contributed by atoms with Crippen LogP contribution in [0.2, 0.25) is 0 Å². The van der Waals surface area contributed by atoms with Crippen LogP contribution in [0.25, 0.3) is 10.2 Å². The number of nitrogens with one attached hydrogen (secondary N) is 1. The topological polar surface area (TPSA) is 75.1 Å². The summed E-state index contributed by atoms with van der Waals surface area (Å²) in [5, 5.41) is 13.3. The number of fused-ring (bicyclic) bond motifs is 1. The molecule has 108 valence electrons. The summed E-state index contributed by atoms with van der Waals surface area (Å²) in [6, 6.07) is 0. The molecule has 0 bridgehead atoms. The highest BCUT2D eigenvalue weighted by Gasteiger charge is 2.18. The largest absolute Gasteiger partial charge is 0.477 e. The van der Waals surface area contributed by atoms with E-state index in [4.69, 9.17) is 0 Å². The van der Waals surface area contributed by atoms with E-state index in [1.807, 2.05) is 18.7 Å². The second-order valence-corrected chi connectivity index (χ2v) is 6.61. The fourth-order valence-corrected chi connectivity index (χ4v) is 3.70. The molecule has 2 rings (SSSR count). The number of aromatic carboxylic acids is 1. The quantitative estimate of drug-likeness (QED) is 0.854. The van der Waals surface area contributed by atoms with Crippen molar-refractivity contribution in [3.8, 4) is 0 Å². The number of hydrogen-bond donors (Lipinski definition) is 2. The van der Waals surface area contributed by atoms with Crippen LogP contribution in [-0.4, -0.2) is 39.6 Å². The molecule has 0 aliphatic heterocycles. The summed E-state index contributed by atoms with van der Waals surface area (Å²) < 4.78 is 0. The molecular formula is C13H17N3O2S2. The molecule has 0 radical (unpaired) electrons. The highest BCUT2D eigenvalue weighted by atomic mass is 32.2. The van der Waals surface area contributed by atoms with Gasteiger partial charge >= 0.3 is 5.97 Å². The number of carboxylic acid groups (broad SMARTS) is 1. The Kier molecular flexibility index (Phi) is 4.82. The number of aryl methyl sites for hydroxylation is 1. The van der Waals surface area contributed by atoms with Gasteiger partial charge in [-0.3, -0.25) is 0 Å². The van der Waals surface area contributed by atoms with Crippen LogP contribution in [0.4, 0.5) is 5.82 Å². The van der Waals surface area contributed by atoms with Crippen molar-refractivity contribution in [1.29, 1.82) is 0 Å². The lowest BCUT2D eigenvalue weighted by atomic mass is 10.2. The lowest BCUT2D eigenvalue weighted by Gasteiger charge is -2.12. The van der Waals surface area contributed by atoms with E-state index < -0.39 is 5.97 Å². The Morgan fingerprint density at radius 3 is 2.95 bits per heavy atom. The van der Waals surface area contributed by atoms with Crippen LogP contribution < -0.4 is 5.32 Å². The number of thioether (sulfide) groups is 1. The van der Waals surface area contributed by atoms with E-state index in [-0.39, 0.29) is 0 Å². The number of aromatic nitrogens is 2. The zero-order valence-corrected chi connectivity index (χ0v) is 13.3. The van der Waals surface area contributed by atoms with Crippen molar-refractivity contribution >= 4 is 45.1 Å². The molecule has 0 amide bonds. The SMILES string of the molecule is CSCC(C)CNc1ncnc2sc(C(=O)O)c(C)c12. The maximum Gasteiger partial charge on any atom is 0.346 e. The summed E-state index contributed by atoms with van der Waals surface area (Å²) in [4.78, 5) is 20.7. The lowest BCUT2D eigenvalue weighted by Crippen LogP contribution is -2.14. The van der Waals surface area contributed by atoms with Crippen molar-refractivity contribution in [2.24, 2.45) is 5.92 Å². The van der Waals surface area contributed by atoms with Gasteiger partial charge in [-0.1, -0.05) is 6.92 Å². The Morgan fingerprint density at radius 2 is 2.30 bits per heavy atom. The molecule has 0 saturated heterocycles. The lowest BCUT2D eigenvalue weighted by molar-refractivity contribution is 0.0701. The summed E-state index contributed by atoms with van der Waals surface area (Å²) in [6.45, 7) is 4.79. The van der Waals surface area contributed by atoms with Crippen molar-refractivity contribution in [3.63, 3.8) is 0 Å². The van der Waals surface area contributed by atoms with Crippen LogP contribution in [0.15, 0.2) is 6.33 Å². The Hall–Kier alpha value is -1.34. The van der Waals surface area contributed by atoms with E-state index in [0.29, 0.717) is 10.8 Å². The molecule has 1 atom stereocenters. The average molecular weight is 311 g/mol. The van der Waals surface area contributed by atoms with Gasteiger partial charge in [0.25, 0.3) is 0 Å². The molecule has 7 heteroatoms. The minimum absolute atomic E-state index is 0.334. The van der Waals surface area contributed by atoms with E-state index in [9.17, 15) is 9.90 Å². The second-order valence-electron chi connectivity index (χ2n) is 4.71. The van der Waals surface area contributed by atoms with Gasteiger partial charge in [0.05, 0.1) is 5.39 Å². The van der Waals surface area contributed by atoms with E-state index in [1.54, 1.807) is 0 Å². The summed E-state index contributed by atoms with van der Waals surface area (Å²) in [7, 11) is 0. The van der Waals surface area contributed by atoms with E-state index in [0.717, 1.165) is 33.9 Å². The highest BCUT2D eigenvalue weighted by Crippen LogP contribution is 2.33. The zero-order valence-electron chi connectivity index (χ0n) is 11.6. The van der Waals surface area contributed by atoms with Crippen LogP contribution in [0, 0.1) is 12.8 Å². The number of carboxylic acids is 1. The first-order chi connectivity index (χ1) is 9.54. The van der Waals surface area contributed by atoms with Crippen LogP contribution in [0.3, 0.4) is 0 Å². The summed E-state index contributed by atoms with van der Waals surface area (Å²) >= 11 is 3.01. The molecule has 0 spiro atoms. The van der Waals surface area contributed by atoms with Crippen molar-refractivity contribution in [2.75, 3.05) is 23.9 Å². The number of carbonyl (C=O) groups is 1. The monoisotopic (exact) mass is 311 g/mol. The minimum Gasteiger partial charge on any atom is -0.477 e. The fraction of sp³-hybridized carbons (Fsp3) is 0.462. The normalized spacial score (nSPS) is 12.6. The third kappa shape index (κ3) is 3.04. The van der Waals surface area contributed by atoms with Crippen molar-refractivity contribution in [3.05, 3.63) is 16.8 Å². The van der Waals surface area contributed by atoms with Gasteiger partial charge in [0.15, 0.2) is 0 Å². The molecule has 5 nitrogen and oxygen atoms in total. The first kappa shape index (κ1) is 15.1. The first-order valence-electron chi connectivity index (χ1n) is 6.24. The molecule has 2 aromatic heterocycles. The van der Waals surface area contributed by atoms with Gasteiger partial charge in [-0.25, -0.2) is 14.8 Å². The first-order valence-corrected chi connectivity index (χ1v) is 8.45. The third-order valence-corrected chi connectivity index (χ3v) is 5.08. The smallest absolute Gasteiger partial charge is 0.346 e. The van der Waals surface area contributed by atoms with Gasteiger partial charge in [0.1, 0.15) is 21.9 Å². The molecule has 20 heavy (non-hydrogen) atoms. The molecule has 0 aliphatic carbocycles. The third-order valence-electron chi connectivity index (χ3n) is 2.99. The summed E-state index contributed by atoms with van der Waals surface area (Å²) in [5.41, 5.74) is 0.734. The molecule has 0 fully saturated rings. The molecule has 0 saturated carbocycles. The standard InChI is InChI=1S/C13H17N3O2S2/c1-7(5-19-3)4-14-11-9-8(2)10(13(17)18)20-12(9)16-6-15-11/h6-7H,4-5H2,1-3H3,(H,17,18)(H,14,15,16). The summed E-state index contributed by atoms with van der Waals surface area (Å²) in [5.74, 6) is 1.41. The predicted octanol–water partition coefficient (Wildman–Crippen LogP) is 3.11. The zero-order chi connectivity index (χ0) is 14.7. The van der Waals surface area contributed by atoms with Crippen LogP contribution >= 0.6 is 23.1 Å². The molecule has 2 heterocycles. The number of anilines is 1. The van der Waals surface area contributed by atoms with Gasteiger partial charge in [-0.05, 0) is 30.4 Å². The maximum atomic E-state index is 11.2. The molecule has 2 N–H and O–H groups in total. The molecular weight excluding hydrogens is 294 g/mol. The highest BCUT2D eigenvalue weighted by molar-refractivity contribution is 7.98.